The van der Waals surface area contributed by atoms with Gasteiger partial charge in [-0.05, 0) is 26.3 Å². The lowest BCUT2D eigenvalue weighted by Crippen LogP contribution is -2.37. The maximum Gasteiger partial charge on any atom is 0.322 e. The molecule has 0 aromatic heterocycles. The number of nitro benzene ring substituents is 1. The molecule has 0 bridgehead atoms. The van der Waals surface area contributed by atoms with Crippen LogP contribution in [0.2, 0.25) is 0 Å². The first kappa shape index (κ1) is 15.1. The normalized spacial score (nSPS) is 13.6. The first-order chi connectivity index (χ1) is 8.95. The lowest BCUT2D eigenvalue weighted by Gasteiger charge is -2.19. The predicted molar refractivity (Wildman–Crippen MR) is 70.7 cm³/mol. The van der Waals surface area contributed by atoms with E-state index in [4.69, 9.17) is 4.74 Å². The van der Waals surface area contributed by atoms with Crippen molar-refractivity contribution in [3.8, 4) is 0 Å². The second-order valence-electron chi connectivity index (χ2n) is 4.21. The molecule has 1 N–H and O–H groups in total. The molecule has 1 rings (SSSR count). The van der Waals surface area contributed by atoms with E-state index < -0.39 is 11.0 Å². The molecule has 6 nitrogen and oxygen atoms in total. The molecule has 0 fully saturated rings. The zero-order valence-electron chi connectivity index (χ0n) is 11.3. The number of nitro groups is 1. The molecule has 0 aliphatic rings. The summed E-state index contributed by atoms with van der Waals surface area (Å²) < 4.78 is 4.89. The quantitative estimate of drug-likeness (QED) is 0.485. The fourth-order valence-corrected chi connectivity index (χ4v) is 1.71. The Morgan fingerprint density at radius 1 is 1.47 bits per heavy atom. The SMILES string of the molecule is CCOC(=O)C(C)NC(C)c1cccc([N+](=O)[O-])c1. The number of non-ortho nitro benzene ring substituents is 1. The van der Waals surface area contributed by atoms with E-state index in [1.54, 1.807) is 26.0 Å². The van der Waals surface area contributed by atoms with Crippen molar-refractivity contribution >= 4 is 11.7 Å². The molecule has 0 aliphatic heterocycles. The van der Waals surface area contributed by atoms with Crippen LogP contribution in [-0.2, 0) is 9.53 Å². The minimum absolute atomic E-state index is 0.0370. The van der Waals surface area contributed by atoms with E-state index in [2.05, 4.69) is 5.32 Å². The van der Waals surface area contributed by atoms with Gasteiger partial charge in [0.2, 0.25) is 0 Å². The number of hydrogen-bond donors (Lipinski definition) is 1. The number of nitrogens with zero attached hydrogens (tertiary/aromatic N) is 1. The Morgan fingerprint density at radius 3 is 2.74 bits per heavy atom. The van der Waals surface area contributed by atoms with Crippen molar-refractivity contribution < 1.29 is 14.5 Å². The highest BCUT2D eigenvalue weighted by Gasteiger charge is 2.18. The summed E-state index contributed by atoms with van der Waals surface area (Å²) in [5.74, 6) is -0.334. The number of ether oxygens (including phenoxy) is 1. The Kier molecular flexibility index (Phi) is 5.44. The first-order valence-electron chi connectivity index (χ1n) is 6.12. The molecule has 2 atom stereocenters. The molecule has 104 valence electrons. The summed E-state index contributed by atoms with van der Waals surface area (Å²) in [6.45, 7) is 5.62. The molecule has 0 saturated heterocycles. The zero-order chi connectivity index (χ0) is 14.4. The zero-order valence-corrected chi connectivity index (χ0v) is 11.3. The first-order valence-corrected chi connectivity index (χ1v) is 6.12. The lowest BCUT2D eigenvalue weighted by atomic mass is 10.1. The van der Waals surface area contributed by atoms with Gasteiger partial charge in [-0.25, -0.2) is 0 Å². The highest BCUT2D eigenvalue weighted by molar-refractivity contribution is 5.75. The molecule has 0 heterocycles. The number of hydrogen-bond acceptors (Lipinski definition) is 5. The Hall–Kier alpha value is -1.95. The van der Waals surface area contributed by atoms with Crippen LogP contribution in [0.3, 0.4) is 0 Å². The fraction of sp³-hybridized carbons (Fsp3) is 0.462. The van der Waals surface area contributed by atoms with Crippen LogP contribution in [0.25, 0.3) is 0 Å². The second-order valence-corrected chi connectivity index (χ2v) is 4.21. The van der Waals surface area contributed by atoms with Gasteiger partial charge in [-0.15, -0.1) is 0 Å². The third kappa shape index (κ3) is 4.33. The predicted octanol–water partition coefficient (Wildman–Crippen LogP) is 2.20. The molecule has 0 aliphatic carbocycles. The smallest absolute Gasteiger partial charge is 0.322 e. The highest BCUT2D eigenvalue weighted by Crippen LogP contribution is 2.19. The van der Waals surface area contributed by atoms with E-state index in [1.807, 2.05) is 6.92 Å². The van der Waals surface area contributed by atoms with Gasteiger partial charge in [-0.2, -0.15) is 0 Å². The van der Waals surface area contributed by atoms with Gasteiger partial charge in [0.05, 0.1) is 11.5 Å². The van der Waals surface area contributed by atoms with Crippen LogP contribution >= 0.6 is 0 Å². The summed E-state index contributed by atoms with van der Waals surface area (Å²) >= 11 is 0. The minimum Gasteiger partial charge on any atom is -0.465 e. The molecule has 0 amide bonds. The number of carbonyl (C=O) groups is 1. The fourth-order valence-electron chi connectivity index (χ4n) is 1.71. The van der Waals surface area contributed by atoms with Crippen molar-refractivity contribution in [1.82, 2.24) is 5.32 Å². The number of benzene rings is 1. The lowest BCUT2D eigenvalue weighted by molar-refractivity contribution is -0.384. The molecule has 2 unspecified atom stereocenters. The van der Waals surface area contributed by atoms with Crippen LogP contribution in [-0.4, -0.2) is 23.5 Å². The van der Waals surface area contributed by atoms with E-state index in [0.717, 1.165) is 5.56 Å². The largest absolute Gasteiger partial charge is 0.465 e. The van der Waals surface area contributed by atoms with Crippen molar-refractivity contribution in [2.24, 2.45) is 0 Å². The third-order valence-corrected chi connectivity index (χ3v) is 2.72. The number of esters is 1. The van der Waals surface area contributed by atoms with Gasteiger partial charge < -0.3 is 4.74 Å². The van der Waals surface area contributed by atoms with Crippen molar-refractivity contribution in [1.29, 1.82) is 0 Å². The number of rotatable bonds is 6. The molecule has 1 aromatic carbocycles. The maximum absolute atomic E-state index is 11.5. The van der Waals surface area contributed by atoms with Crippen LogP contribution in [0.4, 0.5) is 5.69 Å². The van der Waals surface area contributed by atoms with Crippen LogP contribution < -0.4 is 5.32 Å². The molecule has 6 heteroatoms. The van der Waals surface area contributed by atoms with Gasteiger partial charge in [0.1, 0.15) is 6.04 Å². The Morgan fingerprint density at radius 2 is 2.16 bits per heavy atom. The monoisotopic (exact) mass is 266 g/mol. The molecular formula is C13H18N2O4. The van der Waals surface area contributed by atoms with Crippen molar-refractivity contribution in [3.05, 3.63) is 39.9 Å². The van der Waals surface area contributed by atoms with E-state index in [9.17, 15) is 14.9 Å². The van der Waals surface area contributed by atoms with E-state index in [0.29, 0.717) is 6.61 Å². The minimum atomic E-state index is -0.464. The van der Waals surface area contributed by atoms with Crippen LogP contribution in [0.15, 0.2) is 24.3 Å². The van der Waals surface area contributed by atoms with Crippen molar-refractivity contribution in [3.63, 3.8) is 0 Å². The van der Waals surface area contributed by atoms with E-state index >= 15 is 0 Å². The van der Waals surface area contributed by atoms with Gasteiger partial charge in [-0.3, -0.25) is 20.2 Å². The topological polar surface area (TPSA) is 81.5 Å². The van der Waals surface area contributed by atoms with Gasteiger partial charge in [-0.1, -0.05) is 12.1 Å². The maximum atomic E-state index is 11.5. The summed E-state index contributed by atoms with van der Waals surface area (Å²) in [4.78, 5) is 21.8. The average molecular weight is 266 g/mol. The van der Waals surface area contributed by atoms with E-state index in [-0.39, 0.29) is 17.7 Å². The van der Waals surface area contributed by atoms with Crippen LogP contribution in [0.5, 0.6) is 0 Å². The summed E-state index contributed by atoms with van der Waals surface area (Å²) in [5, 5.41) is 13.8. The molecule has 0 spiro atoms. The standard InChI is InChI=1S/C13H18N2O4/c1-4-19-13(16)10(3)14-9(2)11-6-5-7-12(8-11)15(17)18/h5-10,14H,4H2,1-3H3. The van der Waals surface area contributed by atoms with Crippen molar-refractivity contribution in [2.45, 2.75) is 32.9 Å². The molecule has 19 heavy (non-hydrogen) atoms. The Labute approximate surface area is 111 Å². The van der Waals surface area contributed by atoms with Gasteiger partial charge in [0.15, 0.2) is 0 Å². The highest BCUT2D eigenvalue weighted by atomic mass is 16.6. The van der Waals surface area contributed by atoms with Crippen molar-refractivity contribution in [2.75, 3.05) is 6.61 Å². The Balaban J connectivity index is 2.72. The average Bonchev–Trinajstić information content (AvgIpc) is 2.39. The van der Waals surface area contributed by atoms with E-state index in [1.165, 1.54) is 12.1 Å². The summed E-state index contributed by atoms with van der Waals surface area (Å²) in [6.07, 6.45) is 0. The summed E-state index contributed by atoms with van der Waals surface area (Å²) in [5.41, 5.74) is 0.792. The van der Waals surface area contributed by atoms with Gasteiger partial charge in [0, 0.05) is 18.2 Å². The molecule has 0 radical (unpaired) electrons. The van der Waals surface area contributed by atoms with Crippen LogP contribution in [0, 0.1) is 10.1 Å². The van der Waals surface area contributed by atoms with Gasteiger partial charge in [0.25, 0.3) is 5.69 Å². The third-order valence-electron chi connectivity index (χ3n) is 2.72. The van der Waals surface area contributed by atoms with Crippen LogP contribution in [0.1, 0.15) is 32.4 Å². The summed E-state index contributed by atoms with van der Waals surface area (Å²) in [6, 6.07) is 5.69. The number of carbonyl (C=O) groups excluding carboxylic acids is 1. The molecular weight excluding hydrogens is 248 g/mol. The molecule has 0 saturated carbocycles. The summed E-state index contributed by atoms with van der Waals surface area (Å²) in [7, 11) is 0. The molecule has 1 aromatic rings. The Bertz CT molecular complexity index is 462. The number of nitrogens with one attached hydrogen (secondary N) is 1. The van der Waals surface area contributed by atoms with Gasteiger partial charge >= 0.3 is 5.97 Å². The second kappa shape index (κ2) is 6.84.